The fourth-order valence-corrected chi connectivity index (χ4v) is 2.59. The molecule has 124 valence electrons. The summed E-state index contributed by atoms with van der Waals surface area (Å²) < 4.78 is 0.570. The zero-order valence-corrected chi connectivity index (χ0v) is 14.4. The highest BCUT2D eigenvalue weighted by Gasteiger charge is 2.22. The van der Waals surface area contributed by atoms with Gasteiger partial charge < -0.3 is 15.2 Å². The molecule has 0 unspecified atom stereocenters. The molecular formula is C15H20N4O3S. The van der Waals surface area contributed by atoms with E-state index in [0.717, 1.165) is 0 Å². The average molecular weight is 336 g/mol. The second-order valence-electron chi connectivity index (χ2n) is 6.33. The molecule has 0 aliphatic carbocycles. The van der Waals surface area contributed by atoms with Gasteiger partial charge in [-0.15, -0.1) is 11.3 Å². The number of nitrogens with one attached hydrogen (secondary N) is 2. The Balaban J connectivity index is 2.00. The van der Waals surface area contributed by atoms with E-state index in [4.69, 9.17) is 0 Å². The van der Waals surface area contributed by atoms with Crippen LogP contribution in [-0.2, 0) is 16.1 Å². The van der Waals surface area contributed by atoms with Crippen molar-refractivity contribution in [2.75, 3.05) is 13.6 Å². The maximum Gasteiger partial charge on any atom is 0.268 e. The van der Waals surface area contributed by atoms with Crippen molar-refractivity contribution in [3.05, 3.63) is 27.6 Å². The molecule has 0 aliphatic heterocycles. The van der Waals surface area contributed by atoms with Crippen LogP contribution in [0, 0.1) is 5.41 Å². The Hall–Kier alpha value is -2.22. The summed E-state index contributed by atoms with van der Waals surface area (Å²) in [6, 6.07) is 1.77. The van der Waals surface area contributed by atoms with E-state index in [2.05, 4.69) is 15.3 Å². The average Bonchev–Trinajstić information content (AvgIpc) is 2.92. The van der Waals surface area contributed by atoms with Crippen LogP contribution in [0.5, 0.6) is 0 Å². The number of hydrogen-bond donors (Lipinski definition) is 2. The van der Waals surface area contributed by atoms with Crippen LogP contribution in [0.2, 0.25) is 0 Å². The largest absolute Gasteiger partial charge is 0.347 e. The molecular weight excluding hydrogens is 316 g/mol. The molecule has 0 aromatic carbocycles. The number of likely N-dealkylation sites (N-methyl/N-ethyl adjacent to an activating group) is 1. The van der Waals surface area contributed by atoms with Gasteiger partial charge in [-0.1, -0.05) is 20.8 Å². The van der Waals surface area contributed by atoms with Crippen LogP contribution in [0.25, 0.3) is 10.2 Å². The highest BCUT2D eigenvalue weighted by Crippen LogP contribution is 2.14. The minimum Gasteiger partial charge on any atom is -0.347 e. The molecule has 0 aliphatic rings. The van der Waals surface area contributed by atoms with E-state index in [1.54, 1.807) is 39.3 Å². The summed E-state index contributed by atoms with van der Waals surface area (Å²) >= 11 is 1.33. The Morgan fingerprint density at radius 2 is 2.09 bits per heavy atom. The smallest absolute Gasteiger partial charge is 0.268 e. The van der Waals surface area contributed by atoms with Gasteiger partial charge in [-0.2, -0.15) is 0 Å². The van der Waals surface area contributed by atoms with Gasteiger partial charge in [0.2, 0.25) is 11.8 Å². The standard InChI is InChI=1S/C15H20N4O3S/c1-15(2,3)14(22)16-7-11(20)19(4)8-10-17-9-5-6-23-12(9)13(21)18-10/h5-6H,7-8H2,1-4H3,(H,16,22)(H,17,18,21). The first-order valence-corrected chi connectivity index (χ1v) is 8.05. The predicted molar refractivity (Wildman–Crippen MR) is 89.2 cm³/mol. The van der Waals surface area contributed by atoms with Crippen LogP contribution < -0.4 is 10.9 Å². The van der Waals surface area contributed by atoms with Crippen LogP contribution in [-0.4, -0.2) is 40.3 Å². The van der Waals surface area contributed by atoms with Gasteiger partial charge in [0.15, 0.2) is 0 Å². The Labute approximate surface area is 137 Å². The lowest BCUT2D eigenvalue weighted by Crippen LogP contribution is -2.42. The molecule has 0 radical (unpaired) electrons. The predicted octanol–water partition coefficient (Wildman–Crippen LogP) is 1.11. The number of aromatic nitrogens is 2. The molecule has 8 heteroatoms. The van der Waals surface area contributed by atoms with Gasteiger partial charge in [-0.25, -0.2) is 4.98 Å². The number of fused-ring (bicyclic) bond motifs is 1. The molecule has 2 aromatic rings. The highest BCUT2D eigenvalue weighted by atomic mass is 32.1. The second-order valence-corrected chi connectivity index (χ2v) is 7.25. The first kappa shape index (κ1) is 17.1. The number of thiophene rings is 1. The molecule has 2 amide bonds. The fourth-order valence-electron chi connectivity index (χ4n) is 1.87. The van der Waals surface area contributed by atoms with Crippen molar-refractivity contribution in [3.63, 3.8) is 0 Å². The van der Waals surface area contributed by atoms with Gasteiger partial charge in [0.1, 0.15) is 10.5 Å². The second kappa shape index (κ2) is 6.49. The molecule has 0 atom stereocenters. The number of nitrogens with zero attached hydrogens (tertiary/aromatic N) is 2. The Morgan fingerprint density at radius 1 is 1.39 bits per heavy atom. The van der Waals surface area contributed by atoms with Crippen LogP contribution >= 0.6 is 11.3 Å². The number of rotatable bonds is 4. The molecule has 23 heavy (non-hydrogen) atoms. The van der Waals surface area contributed by atoms with Crippen molar-refractivity contribution in [3.8, 4) is 0 Å². The zero-order chi connectivity index (χ0) is 17.2. The Bertz CT molecular complexity index is 788. The third kappa shape index (κ3) is 4.16. The van der Waals surface area contributed by atoms with Crippen molar-refractivity contribution >= 4 is 33.4 Å². The van der Waals surface area contributed by atoms with E-state index in [1.165, 1.54) is 16.2 Å². The molecule has 0 bridgehead atoms. The van der Waals surface area contributed by atoms with E-state index < -0.39 is 5.41 Å². The normalized spacial score (nSPS) is 11.5. The number of carbonyl (C=O) groups excluding carboxylic acids is 2. The van der Waals surface area contributed by atoms with E-state index in [-0.39, 0.29) is 30.5 Å². The molecule has 2 aromatic heterocycles. The summed E-state index contributed by atoms with van der Waals surface area (Å²) in [7, 11) is 1.60. The summed E-state index contributed by atoms with van der Waals surface area (Å²) in [5.74, 6) is -0.0277. The highest BCUT2D eigenvalue weighted by molar-refractivity contribution is 7.17. The number of aromatic amines is 1. The van der Waals surface area contributed by atoms with Gasteiger partial charge in [-0.3, -0.25) is 14.4 Å². The van der Waals surface area contributed by atoms with Crippen LogP contribution in [0.1, 0.15) is 26.6 Å². The number of amides is 2. The lowest BCUT2D eigenvalue weighted by Gasteiger charge is -2.20. The van der Waals surface area contributed by atoms with E-state index in [1.807, 2.05) is 0 Å². The Kier molecular flexibility index (Phi) is 4.84. The SMILES string of the molecule is CN(Cc1nc2ccsc2c(=O)[nH]1)C(=O)CNC(=O)C(C)(C)C. The van der Waals surface area contributed by atoms with Gasteiger partial charge in [0.25, 0.3) is 5.56 Å². The molecule has 0 saturated heterocycles. The monoisotopic (exact) mass is 336 g/mol. The first-order valence-electron chi connectivity index (χ1n) is 7.17. The lowest BCUT2D eigenvalue weighted by molar-refractivity contribution is -0.134. The Morgan fingerprint density at radius 3 is 2.74 bits per heavy atom. The zero-order valence-electron chi connectivity index (χ0n) is 13.6. The maximum absolute atomic E-state index is 12.1. The van der Waals surface area contributed by atoms with Crippen molar-refractivity contribution in [1.29, 1.82) is 0 Å². The lowest BCUT2D eigenvalue weighted by atomic mass is 9.96. The van der Waals surface area contributed by atoms with Gasteiger partial charge in [-0.05, 0) is 11.4 Å². The van der Waals surface area contributed by atoms with Gasteiger partial charge >= 0.3 is 0 Å². The van der Waals surface area contributed by atoms with Gasteiger partial charge in [0, 0.05) is 12.5 Å². The van der Waals surface area contributed by atoms with Crippen molar-refractivity contribution in [1.82, 2.24) is 20.2 Å². The number of hydrogen-bond acceptors (Lipinski definition) is 5. The van der Waals surface area contributed by atoms with Crippen molar-refractivity contribution < 1.29 is 9.59 Å². The molecule has 2 rings (SSSR count). The third-order valence-electron chi connectivity index (χ3n) is 3.26. The first-order chi connectivity index (χ1) is 10.7. The molecule has 0 saturated carbocycles. The summed E-state index contributed by atoms with van der Waals surface area (Å²) in [5.41, 5.74) is -0.132. The topological polar surface area (TPSA) is 95.2 Å². The molecule has 2 heterocycles. The summed E-state index contributed by atoms with van der Waals surface area (Å²) in [6.07, 6.45) is 0. The molecule has 0 spiro atoms. The fraction of sp³-hybridized carbons (Fsp3) is 0.467. The minimum absolute atomic E-state index is 0.0858. The summed E-state index contributed by atoms with van der Waals surface area (Å²) in [6.45, 7) is 5.42. The minimum atomic E-state index is -0.546. The maximum atomic E-state index is 12.1. The summed E-state index contributed by atoms with van der Waals surface area (Å²) in [4.78, 5) is 44.1. The number of H-pyrrole nitrogens is 1. The quantitative estimate of drug-likeness (QED) is 0.874. The molecule has 7 nitrogen and oxygen atoms in total. The van der Waals surface area contributed by atoms with E-state index in [9.17, 15) is 14.4 Å². The number of carbonyl (C=O) groups is 2. The van der Waals surface area contributed by atoms with E-state index >= 15 is 0 Å². The summed E-state index contributed by atoms with van der Waals surface area (Å²) in [5, 5.41) is 4.40. The van der Waals surface area contributed by atoms with Crippen molar-refractivity contribution in [2.24, 2.45) is 5.41 Å². The molecule has 2 N–H and O–H groups in total. The van der Waals surface area contributed by atoms with Gasteiger partial charge in [0.05, 0.1) is 18.6 Å². The third-order valence-corrected chi connectivity index (χ3v) is 4.16. The van der Waals surface area contributed by atoms with E-state index in [0.29, 0.717) is 16.0 Å². The van der Waals surface area contributed by atoms with Crippen LogP contribution in [0.4, 0.5) is 0 Å². The molecule has 0 fully saturated rings. The van der Waals surface area contributed by atoms with Crippen LogP contribution in [0.15, 0.2) is 16.2 Å². The van der Waals surface area contributed by atoms with Crippen molar-refractivity contribution in [2.45, 2.75) is 27.3 Å². The van der Waals surface area contributed by atoms with Crippen LogP contribution in [0.3, 0.4) is 0 Å².